The van der Waals surface area contributed by atoms with Crippen LogP contribution in [0.25, 0.3) is 0 Å². The van der Waals surface area contributed by atoms with Gasteiger partial charge in [0.25, 0.3) is 0 Å². The highest BCUT2D eigenvalue weighted by Crippen LogP contribution is 1.86. The molecule has 0 radical (unpaired) electrons. The van der Waals surface area contributed by atoms with Crippen molar-refractivity contribution in [2.24, 2.45) is 0 Å². The summed E-state index contributed by atoms with van der Waals surface area (Å²) in [6.07, 6.45) is 3.44. The van der Waals surface area contributed by atoms with Crippen molar-refractivity contribution in [3.8, 4) is 0 Å². The van der Waals surface area contributed by atoms with E-state index in [0.717, 1.165) is 13.1 Å². The first kappa shape index (κ1) is 11.7. The molecule has 0 aromatic rings. The van der Waals surface area contributed by atoms with Crippen LogP contribution in [0.5, 0.6) is 0 Å². The van der Waals surface area contributed by atoms with Gasteiger partial charge in [0.05, 0.1) is 0 Å². The molecule has 0 aliphatic rings. The van der Waals surface area contributed by atoms with Crippen molar-refractivity contribution in [2.75, 3.05) is 33.7 Å². The van der Waals surface area contributed by atoms with Crippen LogP contribution in [0, 0.1) is 0 Å². The number of allylic oxidation sites excluding steroid dienone is 1. The van der Waals surface area contributed by atoms with Gasteiger partial charge in [0.1, 0.15) is 0 Å². The smallest absolute Gasteiger partial charge is 0.0137 e. The van der Waals surface area contributed by atoms with Crippen LogP contribution in [-0.2, 0) is 0 Å². The van der Waals surface area contributed by atoms with Crippen LogP contribution in [0.15, 0.2) is 11.6 Å². The molecule has 0 saturated carbocycles. The summed E-state index contributed by atoms with van der Waals surface area (Å²) in [7, 11) is 4.21. The number of rotatable bonds is 6. The number of nitrogens with zero attached hydrogens (tertiary/aromatic N) is 1. The Morgan fingerprint density at radius 2 is 2.00 bits per heavy atom. The van der Waals surface area contributed by atoms with E-state index in [-0.39, 0.29) is 0 Å². The summed E-state index contributed by atoms with van der Waals surface area (Å²) >= 11 is 0. The Hall–Kier alpha value is -0.340. The molecule has 0 amide bonds. The minimum atomic E-state index is 1.01. The van der Waals surface area contributed by atoms with E-state index >= 15 is 0 Å². The molecule has 72 valence electrons. The average molecular weight is 170 g/mol. The van der Waals surface area contributed by atoms with Crippen LogP contribution in [0.3, 0.4) is 0 Å². The highest BCUT2D eigenvalue weighted by Gasteiger charge is 1.88. The van der Waals surface area contributed by atoms with Crippen molar-refractivity contribution in [3.63, 3.8) is 0 Å². The lowest BCUT2D eigenvalue weighted by molar-refractivity contribution is 0.396. The molecule has 0 rings (SSSR count). The molecule has 12 heavy (non-hydrogen) atoms. The maximum atomic E-state index is 3.37. The second-order valence-corrected chi connectivity index (χ2v) is 3.64. The third kappa shape index (κ3) is 9.66. The highest BCUT2D eigenvalue weighted by atomic mass is 15.0. The van der Waals surface area contributed by atoms with E-state index in [9.17, 15) is 0 Å². The predicted molar refractivity (Wildman–Crippen MR) is 55.5 cm³/mol. The Labute approximate surface area is 76.6 Å². The van der Waals surface area contributed by atoms with Gasteiger partial charge in [0.2, 0.25) is 0 Å². The molecular weight excluding hydrogens is 148 g/mol. The first-order chi connectivity index (χ1) is 5.63. The molecule has 0 fully saturated rings. The van der Waals surface area contributed by atoms with Crippen molar-refractivity contribution in [1.29, 1.82) is 0 Å². The lowest BCUT2D eigenvalue weighted by atomic mass is 10.3. The van der Waals surface area contributed by atoms with Gasteiger partial charge < -0.3 is 10.2 Å². The summed E-state index contributed by atoms with van der Waals surface area (Å²) in [5, 5.41) is 3.37. The minimum Gasteiger partial charge on any atom is -0.313 e. The van der Waals surface area contributed by atoms with Gasteiger partial charge in [-0.15, -0.1) is 0 Å². The fourth-order valence-electron chi connectivity index (χ4n) is 0.899. The largest absolute Gasteiger partial charge is 0.313 e. The van der Waals surface area contributed by atoms with Gasteiger partial charge >= 0.3 is 0 Å². The zero-order valence-corrected chi connectivity index (χ0v) is 8.85. The normalized spacial score (nSPS) is 10.4. The molecular formula is C10H22N2. The maximum absolute atomic E-state index is 3.37. The van der Waals surface area contributed by atoms with E-state index in [1.54, 1.807) is 0 Å². The monoisotopic (exact) mass is 170 g/mol. The molecule has 0 aliphatic carbocycles. The van der Waals surface area contributed by atoms with Crippen molar-refractivity contribution >= 4 is 0 Å². The molecule has 0 aromatic heterocycles. The zero-order chi connectivity index (χ0) is 9.40. The fraction of sp³-hybridized carbons (Fsp3) is 0.800. The Morgan fingerprint density at radius 3 is 2.50 bits per heavy atom. The third-order valence-electron chi connectivity index (χ3n) is 1.61. The lowest BCUT2D eigenvalue weighted by Gasteiger charge is -2.08. The summed E-state index contributed by atoms with van der Waals surface area (Å²) in [5.41, 5.74) is 1.38. The molecule has 2 nitrogen and oxygen atoms in total. The topological polar surface area (TPSA) is 15.3 Å². The predicted octanol–water partition coefficient (Wildman–Crippen LogP) is 1.49. The summed E-state index contributed by atoms with van der Waals surface area (Å²) in [6, 6.07) is 0. The van der Waals surface area contributed by atoms with Crippen molar-refractivity contribution in [3.05, 3.63) is 11.6 Å². The number of hydrogen-bond acceptors (Lipinski definition) is 2. The first-order valence-electron chi connectivity index (χ1n) is 4.61. The second-order valence-electron chi connectivity index (χ2n) is 3.64. The van der Waals surface area contributed by atoms with Crippen LogP contribution >= 0.6 is 0 Å². The molecule has 0 saturated heterocycles. The minimum absolute atomic E-state index is 1.01. The zero-order valence-electron chi connectivity index (χ0n) is 8.85. The van der Waals surface area contributed by atoms with Gasteiger partial charge in [-0.25, -0.2) is 0 Å². The SMILES string of the molecule is CC(C)=CCNCCCN(C)C. The van der Waals surface area contributed by atoms with Crippen molar-refractivity contribution < 1.29 is 0 Å². The van der Waals surface area contributed by atoms with Gasteiger partial charge in [-0.2, -0.15) is 0 Å². The van der Waals surface area contributed by atoms with Crippen molar-refractivity contribution in [2.45, 2.75) is 20.3 Å². The fourth-order valence-corrected chi connectivity index (χ4v) is 0.899. The van der Waals surface area contributed by atoms with E-state index in [1.165, 1.54) is 18.5 Å². The number of nitrogens with one attached hydrogen (secondary N) is 1. The highest BCUT2D eigenvalue weighted by molar-refractivity contribution is 4.94. The molecule has 0 aliphatic heterocycles. The van der Waals surface area contributed by atoms with E-state index in [4.69, 9.17) is 0 Å². The number of hydrogen-bond donors (Lipinski definition) is 1. The molecule has 0 heterocycles. The van der Waals surface area contributed by atoms with Gasteiger partial charge in [-0.1, -0.05) is 11.6 Å². The summed E-state index contributed by atoms with van der Waals surface area (Å²) < 4.78 is 0. The van der Waals surface area contributed by atoms with Crippen LogP contribution in [-0.4, -0.2) is 38.6 Å². The van der Waals surface area contributed by atoms with Crippen LogP contribution in [0.2, 0.25) is 0 Å². The average Bonchev–Trinajstić information content (AvgIpc) is 1.95. The molecule has 0 unspecified atom stereocenters. The Morgan fingerprint density at radius 1 is 1.33 bits per heavy atom. The molecule has 0 bridgehead atoms. The van der Waals surface area contributed by atoms with Crippen LogP contribution < -0.4 is 5.32 Å². The van der Waals surface area contributed by atoms with Gasteiger partial charge in [-0.3, -0.25) is 0 Å². The van der Waals surface area contributed by atoms with E-state index in [2.05, 4.69) is 44.2 Å². The quantitative estimate of drug-likeness (QED) is 0.480. The lowest BCUT2D eigenvalue weighted by Crippen LogP contribution is -2.21. The maximum Gasteiger partial charge on any atom is 0.0137 e. The summed E-state index contributed by atoms with van der Waals surface area (Å²) in [6.45, 7) is 7.54. The summed E-state index contributed by atoms with van der Waals surface area (Å²) in [5.74, 6) is 0. The van der Waals surface area contributed by atoms with Crippen molar-refractivity contribution in [1.82, 2.24) is 10.2 Å². The van der Waals surface area contributed by atoms with E-state index in [0.29, 0.717) is 0 Å². The summed E-state index contributed by atoms with van der Waals surface area (Å²) in [4.78, 5) is 2.21. The van der Waals surface area contributed by atoms with Crippen LogP contribution in [0.1, 0.15) is 20.3 Å². The Balaban J connectivity index is 3.06. The van der Waals surface area contributed by atoms with E-state index < -0.39 is 0 Å². The second kappa shape index (κ2) is 7.32. The van der Waals surface area contributed by atoms with Crippen LogP contribution in [0.4, 0.5) is 0 Å². The van der Waals surface area contributed by atoms with Gasteiger partial charge in [-0.05, 0) is 47.5 Å². The molecule has 1 N–H and O–H groups in total. The van der Waals surface area contributed by atoms with E-state index in [1.807, 2.05) is 0 Å². The third-order valence-corrected chi connectivity index (χ3v) is 1.61. The molecule has 2 heteroatoms. The molecule has 0 aromatic carbocycles. The molecule has 0 spiro atoms. The Kier molecular flexibility index (Phi) is 7.11. The Bertz CT molecular complexity index is 124. The van der Waals surface area contributed by atoms with Gasteiger partial charge in [0, 0.05) is 6.54 Å². The van der Waals surface area contributed by atoms with Gasteiger partial charge in [0.15, 0.2) is 0 Å². The first-order valence-corrected chi connectivity index (χ1v) is 4.61. The molecule has 0 atom stereocenters. The standard InChI is InChI=1S/C10H22N2/c1-10(2)6-8-11-7-5-9-12(3)4/h6,11H,5,7-9H2,1-4H3.